The molecule has 1 atom stereocenters. The van der Waals surface area contributed by atoms with E-state index in [-0.39, 0.29) is 12.1 Å². The maximum absolute atomic E-state index is 12.6. The zero-order valence-electron chi connectivity index (χ0n) is 14.9. The summed E-state index contributed by atoms with van der Waals surface area (Å²) in [5.41, 5.74) is 5.11. The van der Waals surface area contributed by atoms with Crippen LogP contribution in [-0.2, 0) is 0 Å². The van der Waals surface area contributed by atoms with Crippen LogP contribution in [0, 0.1) is 6.92 Å². The fourth-order valence-corrected chi connectivity index (χ4v) is 3.89. The van der Waals surface area contributed by atoms with Gasteiger partial charge in [-0.05, 0) is 25.5 Å². The summed E-state index contributed by atoms with van der Waals surface area (Å²) in [7, 11) is 0. The van der Waals surface area contributed by atoms with Gasteiger partial charge in [0.2, 0.25) is 4.96 Å². The van der Waals surface area contributed by atoms with Crippen molar-refractivity contribution in [3.05, 3.63) is 47.2 Å². The van der Waals surface area contributed by atoms with Crippen LogP contribution < -0.4 is 10.2 Å². The van der Waals surface area contributed by atoms with Crippen molar-refractivity contribution < 1.29 is 4.79 Å². The summed E-state index contributed by atoms with van der Waals surface area (Å²) in [6.07, 6.45) is 1.87. The third kappa shape index (κ3) is 3.24. The number of benzene rings is 1. The highest BCUT2D eigenvalue weighted by Gasteiger charge is 2.23. The minimum atomic E-state index is -0.147. The van der Waals surface area contributed by atoms with Crippen molar-refractivity contribution in [3.8, 4) is 0 Å². The molecule has 0 radical (unpaired) electrons. The van der Waals surface area contributed by atoms with Crippen molar-refractivity contribution in [2.24, 2.45) is 0 Å². The number of amides is 2. The molecule has 1 N–H and O–H groups in total. The largest absolute Gasteiger partial charge is 0.368 e. The Kier molecular flexibility index (Phi) is 4.50. The molecule has 136 valence electrons. The molecular weight excluding hydrogens is 348 g/mol. The smallest absolute Gasteiger partial charge is 0.318 e. The number of hydrogen-bond acceptors (Lipinski definition) is 5. The van der Waals surface area contributed by atoms with Crippen molar-refractivity contribution in [3.63, 3.8) is 0 Å². The number of hydrogen-bond donors (Lipinski definition) is 1. The van der Waals surface area contributed by atoms with Gasteiger partial charge in [0.05, 0.1) is 17.9 Å². The van der Waals surface area contributed by atoms with Crippen LogP contribution >= 0.6 is 11.3 Å². The average molecular weight is 370 g/mol. The zero-order chi connectivity index (χ0) is 18.1. The van der Waals surface area contributed by atoms with Gasteiger partial charge < -0.3 is 15.1 Å². The van der Waals surface area contributed by atoms with Crippen LogP contribution in [0.15, 0.2) is 36.0 Å². The molecule has 26 heavy (non-hydrogen) atoms. The number of carbonyl (C=O) groups is 1. The van der Waals surface area contributed by atoms with Crippen molar-refractivity contribution in [1.82, 2.24) is 24.8 Å². The number of anilines is 1. The molecule has 1 aliphatic heterocycles. The van der Waals surface area contributed by atoms with Crippen LogP contribution in [0.2, 0.25) is 0 Å². The summed E-state index contributed by atoms with van der Waals surface area (Å²) in [4.78, 5) is 22.2. The molecule has 0 unspecified atom stereocenters. The number of rotatable bonds is 3. The molecule has 1 aromatic carbocycles. The standard InChI is InChI=1S/C18H22N6OS/c1-13-5-3-4-6-16(13)22-7-9-23(10-8-22)17(25)20-14(2)15-11-24-18(21-15)26-12-19-24/h3-6,11-12,14H,7-10H2,1-2H3,(H,20,25)/t14-/m1/s1. The average Bonchev–Trinajstić information content (AvgIpc) is 3.24. The van der Waals surface area contributed by atoms with Crippen LogP contribution in [0.3, 0.4) is 0 Å². The van der Waals surface area contributed by atoms with Crippen LogP contribution in [0.1, 0.15) is 24.2 Å². The molecule has 0 spiro atoms. The van der Waals surface area contributed by atoms with Crippen molar-refractivity contribution in [1.29, 1.82) is 0 Å². The van der Waals surface area contributed by atoms with Crippen molar-refractivity contribution in [2.45, 2.75) is 19.9 Å². The SMILES string of the molecule is Cc1ccccc1N1CCN(C(=O)N[C@H](C)c2cn3ncsc3n2)CC1. The van der Waals surface area contributed by atoms with Crippen LogP contribution in [0.25, 0.3) is 4.96 Å². The summed E-state index contributed by atoms with van der Waals surface area (Å²) in [6, 6.07) is 8.21. The minimum Gasteiger partial charge on any atom is -0.368 e. The number of aryl methyl sites for hydroxylation is 1. The van der Waals surface area contributed by atoms with Crippen LogP contribution in [0.5, 0.6) is 0 Å². The van der Waals surface area contributed by atoms with E-state index in [1.165, 1.54) is 22.6 Å². The molecule has 2 amide bonds. The molecule has 3 aromatic rings. The number of aromatic nitrogens is 3. The molecule has 3 heterocycles. The quantitative estimate of drug-likeness (QED) is 0.770. The van der Waals surface area contributed by atoms with Crippen molar-refractivity contribution in [2.75, 3.05) is 31.1 Å². The Bertz CT molecular complexity index is 883. The van der Waals surface area contributed by atoms with E-state index in [0.717, 1.165) is 23.7 Å². The first kappa shape index (κ1) is 16.8. The van der Waals surface area contributed by atoms with Crippen LogP contribution in [-0.4, -0.2) is 51.7 Å². The second kappa shape index (κ2) is 6.95. The van der Waals surface area contributed by atoms with E-state index in [2.05, 4.69) is 51.5 Å². The fourth-order valence-electron chi connectivity index (χ4n) is 3.28. The second-order valence-electron chi connectivity index (χ2n) is 6.56. The van der Waals surface area contributed by atoms with E-state index in [9.17, 15) is 4.79 Å². The van der Waals surface area contributed by atoms with Gasteiger partial charge >= 0.3 is 6.03 Å². The molecule has 7 nitrogen and oxygen atoms in total. The maximum Gasteiger partial charge on any atom is 0.318 e. The predicted octanol–water partition coefficient (Wildman–Crippen LogP) is 2.69. The van der Waals surface area contributed by atoms with Gasteiger partial charge in [0.15, 0.2) is 0 Å². The third-order valence-corrected chi connectivity index (χ3v) is 5.50. The first-order valence-electron chi connectivity index (χ1n) is 8.76. The Labute approximate surface area is 156 Å². The molecule has 1 saturated heterocycles. The molecule has 1 aliphatic rings. The lowest BCUT2D eigenvalue weighted by Crippen LogP contribution is -2.52. The van der Waals surface area contributed by atoms with Gasteiger partial charge in [0, 0.05) is 31.9 Å². The highest BCUT2D eigenvalue weighted by molar-refractivity contribution is 7.14. The van der Waals surface area contributed by atoms with Gasteiger partial charge in [-0.25, -0.2) is 14.3 Å². The summed E-state index contributed by atoms with van der Waals surface area (Å²) >= 11 is 1.48. The first-order valence-corrected chi connectivity index (χ1v) is 9.64. The van der Waals surface area contributed by atoms with E-state index in [0.29, 0.717) is 13.1 Å². The van der Waals surface area contributed by atoms with Crippen molar-refractivity contribution >= 4 is 28.0 Å². The van der Waals surface area contributed by atoms with Gasteiger partial charge in [-0.2, -0.15) is 5.10 Å². The molecular formula is C18H22N6OS. The minimum absolute atomic E-state index is 0.0359. The Morgan fingerprint density at radius 3 is 2.73 bits per heavy atom. The lowest BCUT2D eigenvalue weighted by atomic mass is 10.1. The molecule has 2 aromatic heterocycles. The summed E-state index contributed by atoms with van der Waals surface area (Å²) in [6.45, 7) is 7.20. The first-order chi connectivity index (χ1) is 12.6. The molecule has 4 rings (SSSR count). The second-order valence-corrected chi connectivity index (χ2v) is 7.38. The van der Waals surface area contributed by atoms with Gasteiger partial charge in [-0.1, -0.05) is 29.5 Å². The number of nitrogens with zero attached hydrogens (tertiary/aromatic N) is 5. The number of fused-ring (bicyclic) bond motifs is 1. The van der Waals surface area contributed by atoms with E-state index < -0.39 is 0 Å². The molecule has 0 aliphatic carbocycles. The number of para-hydroxylation sites is 1. The van der Waals surface area contributed by atoms with Gasteiger partial charge in [-0.15, -0.1) is 0 Å². The van der Waals surface area contributed by atoms with E-state index in [4.69, 9.17) is 0 Å². The Morgan fingerprint density at radius 2 is 2.00 bits per heavy atom. The lowest BCUT2D eigenvalue weighted by molar-refractivity contribution is 0.191. The summed E-state index contributed by atoms with van der Waals surface area (Å²) in [5, 5.41) is 7.23. The lowest BCUT2D eigenvalue weighted by Gasteiger charge is -2.37. The molecule has 0 bridgehead atoms. The summed E-state index contributed by atoms with van der Waals surface area (Å²) < 4.78 is 1.74. The number of nitrogens with one attached hydrogen (secondary N) is 1. The number of carbonyl (C=O) groups excluding carboxylic acids is 1. The highest BCUT2D eigenvalue weighted by atomic mass is 32.1. The van der Waals surface area contributed by atoms with E-state index >= 15 is 0 Å². The zero-order valence-corrected chi connectivity index (χ0v) is 15.7. The topological polar surface area (TPSA) is 65.8 Å². The summed E-state index contributed by atoms with van der Waals surface area (Å²) in [5.74, 6) is 0. The van der Waals surface area contributed by atoms with Gasteiger partial charge in [0.25, 0.3) is 0 Å². The molecule has 8 heteroatoms. The molecule has 0 saturated carbocycles. The Morgan fingerprint density at radius 1 is 1.23 bits per heavy atom. The Balaban J connectivity index is 1.34. The Hall–Kier alpha value is -2.61. The number of piperazine rings is 1. The normalized spacial score (nSPS) is 16.1. The molecule has 1 fully saturated rings. The fraction of sp³-hybridized carbons (Fsp3) is 0.389. The van der Waals surface area contributed by atoms with Gasteiger partial charge in [0.1, 0.15) is 5.51 Å². The van der Waals surface area contributed by atoms with Crippen LogP contribution in [0.4, 0.5) is 10.5 Å². The number of imidazole rings is 1. The monoisotopic (exact) mass is 370 g/mol. The third-order valence-electron chi connectivity index (χ3n) is 4.81. The van der Waals surface area contributed by atoms with Gasteiger partial charge in [-0.3, -0.25) is 0 Å². The maximum atomic E-state index is 12.6. The van der Waals surface area contributed by atoms with E-state index in [1.807, 2.05) is 18.0 Å². The highest BCUT2D eigenvalue weighted by Crippen LogP contribution is 2.21. The predicted molar refractivity (Wildman–Crippen MR) is 103 cm³/mol. The number of urea groups is 1. The van der Waals surface area contributed by atoms with E-state index in [1.54, 1.807) is 10.0 Å².